The lowest BCUT2D eigenvalue weighted by Gasteiger charge is -2.15. The molecule has 2 atom stereocenters. The van der Waals surface area contributed by atoms with Crippen molar-refractivity contribution < 1.29 is 18.0 Å². The van der Waals surface area contributed by atoms with Gasteiger partial charge in [0.2, 0.25) is 0 Å². The number of carbonyl (C=O) groups is 1. The molecule has 2 rings (SSSR count). The number of amides is 1. The SMILES string of the molecule is CC1CCC(CNC(=O)c2ccc(Br)cc2C(F)(F)F)C1. The van der Waals surface area contributed by atoms with E-state index in [2.05, 4.69) is 28.2 Å². The summed E-state index contributed by atoms with van der Waals surface area (Å²) in [5, 5.41) is 2.64. The van der Waals surface area contributed by atoms with Gasteiger partial charge in [-0.2, -0.15) is 13.2 Å². The summed E-state index contributed by atoms with van der Waals surface area (Å²) in [5.74, 6) is 0.341. The molecule has 0 spiro atoms. The van der Waals surface area contributed by atoms with Gasteiger partial charge in [0.05, 0.1) is 11.1 Å². The molecular formula is C15H17BrF3NO. The average molecular weight is 364 g/mol. The van der Waals surface area contributed by atoms with Crippen LogP contribution in [0.3, 0.4) is 0 Å². The second-order valence-corrected chi connectivity index (χ2v) is 6.60. The Bertz CT molecular complexity index is 530. The van der Waals surface area contributed by atoms with E-state index in [4.69, 9.17) is 0 Å². The Morgan fingerprint density at radius 3 is 2.67 bits per heavy atom. The minimum absolute atomic E-state index is 0.302. The summed E-state index contributed by atoms with van der Waals surface area (Å²) in [4.78, 5) is 12.0. The number of carbonyl (C=O) groups excluding carboxylic acids is 1. The quantitative estimate of drug-likeness (QED) is 0.832. The molecule has 0 radical (unpaired) electrons. The van der Waals surface area contributed by atoms with Gasteiger partial charge in [0.15, 0.2) is 0 Å². The molecule has 1 aromatic rings. The maximum Gasteiger partial charge on any atom is 0.417 e. The fourth-order valence-electron chi connectivity index (χ4n) is 2.79. The molecule has 1 amide bonds. The van der Waals surface area contributed by atoms with Gasteiger partial charge in [-0.05, 0) is 42.9 Å². The zero-order chi connectivity index (χ0) is 15.6. The first kappa shape index (κ1) is 16.3. The highest BCUT2D eigenvalue weighted by Gasteiger charge is 2.35. The third-order valence-electron chi connectivity index (χ3n) is 3.89. The smallest absolute Gasteiger partial charge is 0.352 e. The fraction of sp³-hybridized carbons (Fsp3) is 0.533. The van der Waals surface area contributed by atoms with E-state index in [0.29, 0.717) is 22.9 Å². The summed E-state index contributed by atoms with van der Waals surface area (Å²) in [5.41, 5.74) is -1.23. The van der Waals surface area contributed by atoms with Gasteiger partial charge in [-0.15, -0.1) is 0 Å². The second kappa shape index (κ2) is 6.38. The van der Waals surface area contributed by atoms with Crippen LogP contribution in [-0.2, 0) is 6.18 Å². The van der Waals surface area contributed by atoms with Crippen LogP contribution in [-0.4, -0.2) is 12.5 Å². The normalized spacial score (nSPS) is 22.3. The zero-order valence-corrected chi connectivity index (χ0v) is 13.2. The number of benzene rings is 1. The molecule has 116 valence electrons. The predicted octanol–water partition coefficient (Wildman–Crippen LogP) is 4.63. The first-order chi connectivity index (χ1) is 9.77. The van der Waals surface area contributed by atoms with E-state index in [9.17, 15) is 18.0 Å². The number of nitrogens with one attached hydrogen (secondary N) is 1. The van der Waals surface area contributed by atoms with Crippen molar-refractivity contribution in [2.45, 2.75) is 32.4 Å². The molecule has 0 saturated heterocycles. The van der Waals surface area contributed by atoms with E-state index in [1.165, 1.54) is 12.1 Å². The van der Waals surface area contributed by atoms with Crippen LogP contribution in [0, 0.1) is 11.8 Å². The summed E-state index contributed by atoms with van der Waals surface area (Å²) >= 11 is 3.01. The van der Waals surface area contributed by atoms with Crippen molar-refractivity contribution in [2.24, 2.45) is 11.8 Å². The monoisotopic (exact) mass is 363 g/mol. The van der Waals surface area contributed by atoms with Crippen molar-refractivity contribution in [3.8, 4) is 0 Å². The van der Waals surface area contributed by atoms with Gasteiger partial charge in [-0.3, -0.25) is 4.79 Å². The van der Waals surface area contributed by atoms with Crippen LogP contribution >= 0.6 is 15.9 Å². The second-order valence-electron chi connectivity index (χ2n) is 5.68. The number of hydrogen-bond donors (Lipinski definition) is 1. The maximum atomic E-state index is 13.0. The summed E-state index contributed by atoms with van der Waals surface area (Å²) in [6, 6.07) is 3.59. The van der Waals surface area contributed by atoms with Crippen molar-refractivity contribution in [3.05, 3.63) is 33.8 Å². The highest BCUT2D eigenvalue weighted by molar-refractivity contribution is 9.10. The largest absolute Gasteiger partial charge is 0.417 e. The molecular weight excluding hydrogens is 347 g/mol. The van der Waals surface area contributed by atoms with Gasteiger partial charge in [0, 0.05) is 11.0 Å². The van der Waals surface area contributed by atoms with Gasteiger partial charge in [0.25, 0.3) is 5.91 Å². The molecule has 1 aromatic carbocycles. The minimum atomic E-state index is -4.54. The van der Waals surface area contributed by atoms with Crippen LogP contribution in [0.5, 0.6) is 0 Å². The van der Waals surface area contributed by atoms with E-state index in [1.54, 1.807) is 0 Å². The Morgan fingerprint density at radius 2 is 2.10 bits per heavy atom. The van der Waals surface area contributed by atoms with Crippen LogP contribution in [0.15, 0.2) is 22.7 Å². The van der Waals surface area contributed by atoms with Crippen LogP contribution in [0.4, 0.5) is 13.2 Å². The summed E-state index contributed by atoms with van der Waals surface area (Å²) in [7, 11) is 0. The molecule has 0 aromatic heterocycles. The Labute approximate surface area is 130 Å². The lowest BCUT2D eigenvalue weighted by atomic mass is 10.0. The lowest BCUT2D eigenvalue weighted by molar-refractivity contribution is -0.138. The van der Waals surface area contributed by atoms with Gasteiger partial charge >= 0.3 is 6.18 Å². The first-order valence-electron chi connectivity index (χ1n) is 6.92. The van der Waals surface area contributed by atoms with Crippen molar-refractivity contribution in [1.29, 1.82) is 0 Å². The Morgan fingerprint density at radius 1 is 1.38 bits per heavy atom. The third kappa shape index (κ3) is 4.22. The predicted molar refractivity (Wildman–Crippen MR) is 78.0 cm³/mol. The Hall–Kier alpha value is -1.04. The third-order valence-corrected chi connectivity index (χ3v) is 4.38. The van der Waals surface area contributed by atoms with Gasteiger partial charge < -0.3 is 5.32 Å². The molecule has 6 heteroatoms. The minimum Gasteiger partial charge on any atom is -0.352 e. The molecule has 1 aliphatic carbocycles. The van der Waals surface area contributed by atoms with Gasteiger partial charge in [-0.1, -0.05) is 29.3 Å². The molecule has 1 saturated carbocycles. The molecule has 0 aliphatic heterocycles. The Kier molecular flexibility index (Phi) is 4.96. The maximum absolute atomic E-state index is 13.0. The van der Waals surface area contributed by atoms with Gasteiger partial charge in [-0.25, -0.2) is 0 Å². The van der Waals surface area contributed by atoms with Crippen LogP contribution < -0.4 is 5.32 Å². The number of halogens is 4. The van der Waals surface area contributed by atoms with Crippen molar-refractivity contribution in [1.82, 2.24) is 5.32 Å². The van der Waals surface area contributed by atoms with Crippen LogP contribution in [0.2, 0.25) is 0 Å². The highest BCUT2D eigenvalue weighted by Crippen LogP contribution is 2.34. The summed E-state index contributed by atoms with van der Waals surface area (Å²) in [6.07, 6.45) is -1.38. The van der Waals surface area contributed by atoms with Crippen molar-refractivity contribution in [2.75, 3.05) is 6.54 Å². The molecule has 2 nitrogen and oxygen atoms in total. The van der Waals surface area contributed by atoms with E-state index in [0.717, 1.165) is 25.3 Å². The summed E-state index contributed by atoms with van der Waals surface area (Å²) < 4.78 is 39.2. The fourth-order valence-corrected chi connectivity index (χ4v) is 3.15. The van der Waals surface area contributed by atoms with Crippen LogP contribution in [0.25, 0.3) is 0 Å². The van der Waals surface area contributed by atoms with Crippen molar-refractivity contribution in [3.63, 3.8) is 0 Å². The average Bonchev–Trinajstić information content (AvgIpc) is 2.81. The van der Waals surface area contributed by atoms with E-state index in [-0.39, 0.29) is 5.56 Å². The van der Waals surface area contributed by atoms with Crippen LogP contribution in [0.1, 0.15) is 42.1 Å². The van der Waals surface area contributed by atoms with E-state index >= 15 is 0 Å². The first-order valence-corrected chi connectivity index (χ1v) is 7.71. The molecule has 1 fully saturated rings. The molecule has 21 heavy (non-hydrogen) atoms. The standard InChI is InChI=1S/C15H17BrF3NO/c1-9-2-3-10(6-9)8-20-14(21)12-5-4-11(16)7-13(12)15(17,18)19/h4-5,7,9-10H,2-3,6,8H2,1H3,(H,20,21). The lowest BCUT2D eigenvalue weighted by Crippen LogP contribution is -2.30. The molecule has 0 heterocycles. The molecule has 0 bridgehead atoms. The number of rotatable bonds is 3. The highest BCUT2D eigenvalue weighted by atomic mass is 79.9. The topological polar surface area (TPSA) is 29.1 Å². The van der Waals surface area contributed by atoms with Crippen molar-refractivity contribution >= 4 is 21.8 Å². The molecule has 1 N–H and O–H groups in total. The summed E-state index contributed by atoms with van der Waals surface area (Å²) in [6.45, 7) is 2.59. The van der Waals surface area contributed by atoms with Gasteiger partial charge in [0.1, 0.15) is 0 Å². The number of alkyl halides is 3. The van der Waals surface area contributed by atoms with E-state index < -0.39 is 17.6 Å². The zero-order valence-electron chi connectivity index (χ0n) is 11.6. The molecule has 1 aliphatic rings. The number of hydrogen-bond acceptors (Lipinski definition) is 1. The van der Waals surface area contributed by atoms with E-state index in [1.807, 2.05) is 0 Å². The Balaban J connectivity index is 2.08. The molecule has 2 unspecified atom stereocenters.